The number of rotatable bonds is 7. The fourth-order valence-electron chi connectivity index (χ4n) is 1.41. The fourth-order valence-corrected chi connectivity index (χ4v) is 2.24. The van der Waals surface area contributed by atoms with E-state index in [-0.39, 0.29) is 11.3 Å². The van der Waals surface area contributed by atoms with Crippen molar-refractivity contribution in [1.82, 2.24) is 5.32 Å². The Balaban J connectivity index is 2.09. The van der Waals surface area contributed by atoms with Crippen LogP contribution in [-0.2, 0) is 11.2 Å². The first-order valence-corrected chi connectivity index (χ1v) is 7.34. The summed E-state index contributed by atoms with van der Waals surface area (Å²) in [4.78, 5) is 12.9. The number of hydrogen-bond donors (Lipinski definition) is 1. The number of halogens is 1. The molecule has 4 heteroatoms. The van der Waals surface area contributed by atoms with Crippen molar-refractivity contribution in [2.75, 3.05) is 6.54 Å². The number of carbonyl (C=O) groups is 1. The van der Waals surface area contributed by atoms with Crippen LogP contribution in [0.1, 0.15) is 31.6 Å². The summed E-state index contributed by atoms with van der Waals surface area (Å²) in [5, 5.41) is 4.97. The number of thiophene rings is 1. The topological polar surface area (TPSA) is 29.1 Å². The van der Waals surface area contributed by atoms with E-state index < -0.39 is 0 Å². The van der Waals surface area contributed by atoms with E-state index in [0.717, 1.165) is 12.8 Å². The first kappa shape index (κ1) is 14.5. The van der Waals surface area contributed by atoms with Gasteiger partial charge in [-0.25, -0.2) is 0 Å². The number of hydrogen-bond acceptors (Lipinski definition) is 2. The Morgan fingerprint density at radius 3 is 2.88 bits per heavy atom. The van der Waals surface area contributed by atoms with E-state index in [1.165, 1.54) is 4.88 Å². The average molecular weight is 274 g/mol. The molecular weight excluding hydrogens is 254 g/mol. The summed E-state index contributed by atoms with van der Waals surface area (Å²) in [6.07, 6.45) is 2.47. The van der Waals surface area contributed by atoms with Crippen molar-refractivity contribution in [1.29, 1.82) is 0 Å². The van der Waals surface area contributed by atoms with Gasteiger partial charge in [0, 0.05) is 17.8 Å². The summed E-state index contributed by atoms with van der Waals surface area (Å²) in [5.41, 5.74) is 0. The monoisotopic (exact) mass is 273 g/mol. The molecule has 0 saturated carbocycles. The van der Waals surface area contributed by atoms with Crippen molar-refractivity contribution in [2.24, 2.45) is 5.92 Å². The van der Waals surface area contributed by atoms with Gasteiger partial charge in [-0.05, 0) is 30.2 Å². The van der Waals surface area contributed by atoms with Gasteiger partial charge in [0.1, 0.15) is 0 Å². The van der Waals surface area contributed by atoms with Crippen molar-refractivity contribution < 1.29 is 4.79 Å². The van der Waals surface area contributed by atoms with Crippen molar-refractivity contribution in [3.05, 3.63) is 22.4 Å². The third-order valence-electron chi connectivity index (χ3n) is 2.62. The van der Waals surface area contributed by atoms with Crippen LogP contribution < -0.4 is 5.32 Å². The number of nitrogens with one attached hydrogen (secondary N) is 1. The lowest BCUT2D eigenvalue weighted by Crippen LogP contribution is -2.31. The van der Waals surface area contributed by atoms with Gasteiger partial charge in [0.15, 0.2) is 0 Å². The van der Waals surface area contributed by atoms with Crippen LogP contribution >= 0.6 is 22.9 Å². The molecule has 0 saturated heterocycles. The molecule has 0 aliphatic carbocycles. The van der Waals surface area contributed by atoms with Crippen LogP contribution in [-0.4, -0.2) is 17.8 Å². The summed E-state index contributed by atoms with van der Waals surface area (Å²) >= 11 is 7.81. The van der Waals surface area contributed by atoms with Crippen LogP contribution in [0.15, 0.2) is 17.5 Å². The standard InChI is InChI=1S/C13H20ClNOS/c1-10(2)12(14)9-15-13(16)7-3-5-11-6-4-8-17-11/h4,6,8,10,12H,3,5,7,9H2,1-2H3,(H,15,16). The molecule has 0 aliphatic rings. The Bertz CT molecular complexity index is 324. The van der Waals surface area contributed by atoms with Gasteiger partial charge in [0.05, 0.1) is 5.38 Å². The minimum atomic E-state index is 0.0243. The van der Waals surface area contributed by atoms with Crippen LogP contribution in [0.25, 0.3) is 0 Å². The van der Waals surface area contributed by atoms with Crippen LogP contribution in [0.2, 0.25) is 0 Å². The summed E-state index contributed by atoms with van der Waals surface area (Å²) in [5.74, 6) is 0.496. The molecule has 2 nitrogen and oxygen atoms in total. The first-order valence-electron chi connectivity index (χ1n) is 6.02. The molecule has 0 aromatic carbocycles. The molecule has 1 atom stereocenters. The van der Waals surface area contributed by atoms with Gasteiger partial charge in [-0.2, -0.15) is 0 Å². The van der Waals surface area contributed by atoms with Crippen molar-refractivity contribution in [2.45, 2.75) is 38.5 Å². The summed E-state index contributed by atoms with van der Waals surface area (Å²) in [6.45, 7) is 4.68. The molecule has 1 aromatic rings. The lowest BCUT2D eigenvalue weighted by Gasteiger charge is -2.13. The van der Waals surface area contributed by atoms with Gasteiger partial charge in [0.2, 0.25) is 5.91 Å². The fraction of sp³-hybridized carbons (Fsp3) is 0.615. The molecule has 0 aliphatic heterocycles. The molecule has 1 amide bonds. The van der Waals surface area contributed by atoms with E-state index in [9.17, 15) is 4.79 Å². The molecule has 0 bridgehead atoms. The smallest absolute Gasteiger partial charge is 0.220 e. The normalized spacial score (nSPS) is 12.7. The zero-order valence-electron chi connectivity index (χ0n) is 10.4. The highest BCUT2D eigenvalue weighted by Gasteiger charge is 2.10. The van der Waals surface area contributed by atoms with Crippen LogP contribution in [0.3, 0.4) is 0 Å². The van der Waals surface area contributed by atoms with Crippen molar-refractivity contribution >= 4 is 28.8 Å². The molecule has 1 unspecified atom stereocenters. The Labute approximate surface area is 112 Å². The molecule has 0 radical (unpaired) electrons. The quantitative estimate of drug-likeness (QED) is 0.758. The van der Waals surface area contributed by atoms with E-state index in [1.807, 2.05) is 6.07 Å². The first-order chi connectivity index (χ1) is 8.09. The molecule has 0 fully saturated rings. The van der Waals surface area contributed by atoms with Gasteiger partial charge >= 0.3 is 0 Å². The second-order valence-corrected chi connectivity index (χ2v) is 6.09. The lowest BCUT2D eigenvalue weighted by atomic mass is 10.1. The highest BCUT2D eigenvalue weighted by atomic mass is 35.5. The third kappa shape index (κ3) is 6.08. The highest BCUT2D eigenvalue weighted by Crippen LogP contribution is 2.12. The van der Waals surface area contributed by atoms with E-state index in [2.05, 4.69) is 30.6 Å². The molecule has 1 aromatic heterocycles. The van der Waals surface area contributed by atoms with Crippen LogP contribution in [0.5, 0.6) is 0 Å². The molecule has 1 N–H and O–H groups in total. The summed E-state index contributed by atoms with van der Waals surface area (Å²) in [7, 11) is 0. The Hall–Kier alpha value is -0.540. The van der Waals surface area contributed by atoms with Gasteiger partial charge in [-0.1, -0.05) is 19.9 Å². The SMILES string of the molecule is CC(C)C(Cl)CNC(=O)CCCc1cccs1. The largest absolute Gasteiger partial charge is 0.355 e. The number of carbonyl (C=O) groups excluding carboxylic acids is 1. The highest BCUT2D eigenvalue weighted by molar-refractivity contribution is 7.09. The van der Waals surface area contributed by atoms with E-state index in [4.69, 9.17) is 11.6 Å². The predicted molar refractivity (Wildman–Crippen MR) is 74.7 cm³/mol. The average Bonchev–Trinajstić information content (AvgIpc) is 2.78. The maximum atomic E-state index is 11.5. The van der Waals surface area contributed by atoms with Gasteiger partial charge in [0.25, 0.3) is 0 Å². The zero-order chi connectivity index (χ0) is 12.7. The molecule has 1 rings (SSSR count). The van der Waals surface area contributed by atoms with E-state index in [1.54, 1.807) is 11.3 Å². The second-order valence-electron chi connectivity index (χ2n) is 4.50. The summed E-state index contributed by atoms with van der Waals surface area (Å²) in [6, 6.07) is 4.15. The van der Waals surface area contributed by atoms with Gasteiger partial charge in [-0.3, -0.25) is 4.79 Å². The number of aryl methyl sites for hydroxylation is 1. The van der Waals surface area contributed by atoms with Crippen molar-refractivity contribution in [3.8, 4) is 0 Å². The minimum Gasteiger partial charge on any atom is -0.355 e. The predicted octanol–water partition coefficient (Wildman–Crippen LogP) is 3.45. The molecule has 96 valence electrons. The summed E-state index contributed by atoms with van der Waals surface area (Å²) < 4.78 is 0. The zero-order valence-corrected chi connectivity index (χ0v) is 12.0. The van der Waals surface area contributed by atoms with E-state index >= 15 is 0 Å². The Kier molecular flexibility index (Phi) is 6.60. The lowest BCUT2D eigenvalue weighted by molar-refractivity contribution is -0.121. The maximum absolute atomic E-state index is 11.5. The Morgan fingerprint density at radius 1 is 1.53 bits per heavy atom. The van der Waals surface area contributed by atoms with Crippen LogP contribution in [0, 0.1) is 5.92 Å². The Morgan fingerprint density at radius 2 is 2.29 bits per heavy atom. The van der Waals surface area contributed by atoms with Crippen LogP contribution in [0.4, 0.5) is 0 Å². The molecular formula is C13H20ClNOS. The van der Waals surface area contributed by atoms with Gasteiger partial charge < -0.3 is 5.32 Å². The molecule has 1 heterocycles. The molecule has 17 heavy (non-hydrogen) atoms. The van der Waals surface area contributed by atoms with Gasteiger partial charge in [-0.15, -0.1) is 22.9 Å². The number of amides is 1. The maximum Gasteiger partial charge on any atom is 0.220 e. The van der Waals surface area contributed by atoms with Crippen molar-refractivity contribution in [3.63, 3.8) is 0 Å². The van der Waals surface area contributed by atoms with E-state index in [0.29, 0.717) is 18.9 Å². The third-order valence-corrected chi connectivity index (χ3v) is 4.22. The molecule has 0 spiro atoms. The minimum absolute atomic E-state index is 0.0243. The second kappa shape index (κ2) is 7.72. The number of alkyl halides is 1.